The van der Waals surface area contributed by atoms with Gasteiger partial charge in [-0.25, -0.2) is 4.39 Å². The number of fused-ring (bicyclic) bond motifs is 1. The number of nitrogens with one attached hydrogen (secondary N) is 1. The van der Waals surface area contributed by atoms with Gasteiger partial charge in [0.2, 0.25) is 0 Å². The van der Waals surface area contributed by atoms with Crippen molar-refractivity contribution in [1.82, 2.24) is 15.1 Å². The standard InChI is InChI=1S/C19H25FN4S/c1-21-19(23(2)13-15-4-3-5-17(20)12-15)22-8-10-24-9-6-18-16(14-24)7-11-25-18/h3-5,7,11-12H,6,8-10,13-14H2,1-2H3,(H,21,22). The van der Waals surface area contributed by atoms with Crippen molar-refractivity contribution < 1.29 is 4.39 Å². The van der Waals surface area contributed by atoms with E-state index in [4.69, 9.17) is 0 Å². The van der Waals surface area contributed by atoms with E-state index in [2.05, 4.69) is 26.7 Å². The molecule has 1 aromatic heterocycles. The zero-order valence-electron chi connectivity index (χ0n) is 14.8. The monoisotopic (exact) mass is 360 g/mol. The Balaban J connectivity index is 1.46. The molecule has 0 spiro atoms. The molecule has 0 saturated heterocycles. The molecule has 6 heteroatoms. The Kier molecular flexibility index (Phi) is 6.04. The minimum atomic E-state index is -0.202. The summed E-state index contributed by atoms with van der Waals surface area (Å²) in [6.45, 7) is 4.62. The Morgan fingerprint density at radius 1 is 1.40 bits per heavy atom. The molecule has 0 aliphatic carbocycles. The zero-order chi connectivity index (χ0) is 17.6. The minimum Gasteiger partial charge on any atom is -0.355 e. The van der Waals surface area contributed by atoms with Gasteiger partial charge in [-0.05, 0) is 41.1 Å². The van der Waals surface area contributed by atoms with Crippen LogP contribution in [0.1, 0.15) is 16.0 Å². The first-order chi connectivity index (χ1) is 12.2. The average molecular weight is 361 g/mol. The van der Waals surface area contributed by atoms with Crippen LogP contribution >= 0.6 is 11.3 Å². The van der Waals surface area contributed by atoms with E-state index in [1.54, 1.807) is 19.2 Å². The fourth-order valence-electron chi connectivity index (χ4n) is 3.19. The van der Waals surface area contributed by atoms with Gasteiger partial charge >= 0.3 is 0 Å². The molecule has 2 aromatic rings. The number of guanidine groups is 1. The molecular weight excluding hydrogens is 335 g/mol. The van der Waals surface area contributed by atoms with Gasteiger partial charge in [0.25, 0.3) is 0 Å². The van der Waals surface area contributed by atoms with E-state index in [-0.39, 0.29) is 5.82 Å². The molecule has 4 nitrogen and oxygen atoms in total. The number of hydrogen-bond donors (Lipinski definition) is 1. The first-order valence-electron chi connectivity index (χ1n) is 8.59. The lowest BCUT2D eigenvalue weighted by Crippen LogP contribution is -2.43. The summed E-state index contributed by atoms with van der Waals surface area (Å²) in [5, 5.41) is 5.60. The first-order valence-corrected chi connectivity index (χ1v) is 9.47. The van der Waals surface area contributed by atoms with Gasteiger partial charge in [0, 0.05) is 51.7 Å². The molecule has 0 bridgehead atoms. The Morgan fingerprint density at radius 3 is 3.08 bits per heavy atom. The minimum absolute atomic E-state index is 0.202. The van der Waals surface area contributed by atoms with Crippen LogP contribution < -0.4 is 5.32 Å². The Bertz CT molecular complexity index is 728. The highest BCUT2D eigenvalue weighted by Crippen LogP contribution is 2.23. The molecular formula is C19H25FN4S. The maximum absolute atomic E-state index is 13.3. The number of aliphatic imine (C=N–C) groups is 1. The van der Waals surface area contributed by atoms with Crippen LogP contribution in [0.2, 0.25) is 0 Å². The lowest BCUT2D eigenvalue weighted by molar-refractivity contribution is 0.259. The number of benzene rings is 1. The molecule has 1 aliphatic rings. The Morgan fingerprint density at radius 2 is 2.28 bits per heavy atom. The molecule has 0 unspecified atom stereocenters. The van der Waals surface area contributed by atoms with Crippen LogP contribution in [0.3, 0.4) is 0 Å². The molecule has 1 N–H and O–H groups in total. The van der Waals surface area contributed by atoms with E-state index in [0.717, 1.165) is 44.1 Å². The van der Waals surface area contributed by atoms with Crippen molar-refractivity contribution in [2.75, 3.05) is 33.7 Å². The van der Waals surface area contributed by atoms with E-state index >= 15 is 0 Å². The predicted octanol–water partition coefficient (Wildman–Crippen LogP) is 2.95. The fraction of sp³-hybridized carbons (Fsp3) is 0.421. The fourth-order valence-corrected chi connectivity index (χ4v) is 4.08. The maximum Gasteiger partial charge on any atom is 0.193 e. The Labute approximate surface area is 153 Å². The third-order valence-electron chi connectivity index (χ3n) is 4.48. The van der Waals surface area contributed by atoms with Crippen LogP contribution in [0.5, 0.6) is 0 Å². The highest BCUT2D eigenvalue weighted by atomic mass is 32.1. The normalized spacial score (nSPS) is 15.1. The van der Waals surface area contributed by atoms with Gasteiger partial charge in [-0.15, -0.1) is 11.3 Å². The molecule has 25 heavy (non-hydrogen) atoms. The lowest BCUT2D eigenvalue weighted by Gasteiger charge is -2.28. The number of hydrogen-bond acceptors (Lipinski definition) is 3. The van der Waals surface area contributed by atoms with E-state index in [0.29, 0.717) is 6.54 Å². The number of nitrogens with zero attached hydrogens (tertiary/aromatic N) is 3. The van der Waals surface area contributed by atoms with Gasteiger partial charge in [-0.3, -0.25) is 9.89 Å². The predicted molar refractivity (Wildman–Crippen MR) is 103 cm³/mol. The van der Waals surface area contributed by atoms with Crippen LogP contribution in [0.4, 0.5) is 4.39 Å². The molecule has 0 amide bonds. The van der Waals surface area contributed by atoms with Crippen molar-refractivity contribution >= 4 is 17.3 Å². The third-order valence-corrected chi connectivity index (χ3v) is 5.50. The van der Waals surface area contributed by atoms with Gasteiger partial charge in [0.1, 0.15) is 5.82 Å². The van der Waals surface area contributed by atoms with Crippen molar-refractivity contribution in [3.63, 3.8) is 0 Å². The number of rotatable bonds is 5. The molecule has 0 atom stereocenters. The highest BCUT2D eigenvalue weighted by molar-refractivity contribution is 7.10. The number of thiophene rings is 1. The van der Waals surface area contributed by atoms with E-state index in [1.807, 2.05) is 29.4 Å². The summed E-state index contributed by atoms with van der Waals surface area (Å²) in [6.07, 6.45) is 1.15. The lowest BCUT2D eigenvalue weighted by atomic mass is 10.1. The summed E-state index contributed by atoms with van der Waals surface area (Å²) < 4.78 is 13.3. The van der Waals surface area contributed by atoms with Crippen molar-refractivity contribution in [3.8, 4) is 0 Å². The zero-order valence-corrected chi connectivity index (χ0v) is 15.7. The molecule has 0 fully saturated rings. The number of halogens is 1. The second-order valence-corrected chi connectivity index (χ2v) is 7.36. The summed E-state index contributed by atoms with van der Waals surface area (Å²) >= 11 is 1.87. The second-order valence-electron chi connectivity index (χ2n) is 6.36. The van der Waals surface area contributed by atoms with Crippen molar-refractivity contribution in [2.45, 2.75) is 19.5 Å². The third kappa shape index (κ3) is 4.80. The van der Waals surface area contributed by atoms with Gasteiger partial charge < -0.3 is 10.2 Å². The van der Waals surface area contributed by atoms with Gasteiger partial charge in [-0.1, -0.05) is 12.1 Å². The summed E-state index contributed by atoms with van der Waals surface area (Å²) in [7, 11) is 3.75. The smallest absolute Gasteiger partial charge is 0.193 e. The summed E-state index contributed by atoms with van der Waals surface area (Å²) in [6, 6.07) is 8.94. The SMILES string of the molecule is CN=C(NCCN1CCc2sccc2C1)N(C)Cc1cccc(F)c1. The summed E-state index contributed by atoms with van der Waals surface area (Å²) in [4.78, 5) is 10.4. The van der Waals surface area contributed by atoms with Gasteiger partial charge in [-0.2, -0.15) is 0 Å². The van der Waals surface area contributed by atoms with E-state index in [9.17, 15) is 4.39 Å². The second kappa shape index (κ2) is 8.45. The molecule has 0 saturated carbocycles. The van der Waals surface area contributed by atoms with Crippen molar-refractivity contribution in [2.24, 2.45) is 4.99 Å². The molecule has 3 rings (SSSR count). The molecule has 2 heterocycles. The molecule has 134 valence electrons. The highest BCUT2D eigenvalue weighted by Gasteiger charge is 2.16. The van der Waals surface area contributed by atoms with Crippen LogP contribution in [0.15, 0.2) is 40.7 Å². The average Bonchev–Trinajstić information content (AvgIpc) is 3.06. The maximum atomic E-state index is 13.3. The van der Waals surface area contributed by atoms with Gasteiger partial charge in [0.05, 0.1) is 0 Å². The molecule has 1 aromatic carbocycles. The summed E-state index contributed by atoms with van der Waals surface area (Å²) in [5.41, 5.74) is 2.41. The van der Waals surface area contributed by atoms with E-state index < -0.39 is 0 Å². The molecule has 0 radical (unpaired) electrons. The quantitative estimate of drug-likeness (QED) is 0.657. The Hall–Kier alpha value is -1.92. The van der Waals surface area contributed by atoms with Crippen molar-refractivity contribution in [1.29, 1.82) is 0 Å². The van der Waals surface area contributed by atoms with E-state index in [1.165, 1.54) is 16.5 Å². The first kappa shape index (κ1) is 17.9. The van der Waals surface area contributed by atoms with Crippen LogP contribution in [-0.4, -0.2) is 49.5 Å². The van der Waals surface area contributed by atoms with Crippen LogP contribution in [0, 0.1) is 5.82 Å². The van der Waals surface area contributed by atoms with Crippen molar-refractivity contribution in [3.05, 3.63) is 57.5 Å². The summed E-state index contributed by atoms with van der Waals surface area (Å²) in [5.74, 6) is 0.629. The van der Waals surface area contributed by atoms with Gasteiger partial charge in [0.15, 0.2) is 5.96 Å². The topological polar surface area (TPSA) is 30.9 Å². The largest absolute Gasteiger partial charge is 0.355 e. The molecule has 1 aliphatic heterocycles. The van der Waals surface area contributed by atoms with Crippen LogP contribution in [-0.2, 0) is 19.5 Å². The van der Waals surface area contributed by atoms with Crippen LogP contribution in [0.25, 0.3) is 0 Å².